The Hall–Kier alpha value is -2.47. The number of halogens is 1. The van der Waals surface area contributed by atoms with Crippen molar-refractivity contribution in [3.63, 3.8) is 0 Å². The van der Waals surface area contributed by atoms with Gasteiger partial charge in [-0.05, 0) is 48.9 Å². The standard InChI is InChI=1S/C20H21FN4O/c21-14-3-4-17-16(8-14)13(9-22-17)10-25-6-5-15-18(11-25)23-19(24-20(15)26)7-12-1-2-12/h3-4,8-9,12,22H,1-2,5-7,10-11H2,(H,23,24,26). The van der Waals surface area contributed by atoms with Crippen molar-refractivity contribution in [2.75, 3.05) is 6.54 Å². The third-order valence-corrected chi connectivity index (χ3v) is 5.50. The van der Waals surface area contributed by atoms with Gasteiger partial charge in [-0.2, -0.15) is 0 Å². The van der Waals surface area contributed by atoms with Gasteiger partial charge in [-0.25, -0.2) is 9.37 Å². The van der Waals surface area contributed by atoms with E-state index >= 15 is 0 Å². The predicted molar refractivity (Wildman–Crippen MR) is 97.4 cm³/mol. The van der Waals surface area contributed by atoms with Gasteiger partial charge >= 0.3 is 0 Å². The van der Waals surface area contributed by atoms with E-state index in [4.69, 9.17) is 4.98 Å². The summed E-state index contributed by atoms with van der Waals surface area (Å²) < 4.78 is 13.6. The second kappa shape index (κ2) is 6.06. The number of rotatable bonds is 4. The van der Waals surface area contributed by atoms with E-state index in [1.807, 2.05) is 6.20 Å². The molecule has 5 rings (SSSR count). The number of H-pyrrole nitrogens is 2. The molecule has 2 aliphatic rings. The van der Waals surface area contributed by atoms with Crippen molar-refractivity contribution in [3.8, 4) is 0 Å². The number of nitrogens with zero attached hydrogens (tertiary/aromatic N) is 2. The molecular formula is C20H21FN4O. The first kappa shape index (κ1) is 15.8. The van der Waals surface area contributed by atoms with Gasteiger partial charge in [-0.1, -0.05) is 0 Å². The lowest BCUT2D eigenvalue weighted by molar-refractivity contribution is 0.241. The molecule has 5 nitrogen and oxygen atoms in total. The fourth-order valence-electron chi connectivity index (χ4n) is 3.89. The summed E-state index contributed by atoms with van der Waals surface area (Å²) in [4.78, 5) is 25.6. The molecule has 1 aliphatic carbocycles. The Balaban J connectivity index is 1.40. The maximum Gasteiger partial charge on any atom is 0.254 e. The summed E-state index contributed by atoms with van der Waals surface area (Å²) in [5.74, 6) is 1.30. The van der Waals surface area contributed by atoms with Gasteiger partial charge in [0.05, 0.1) is 5.69 Å². The Kier molecular flexibility index (Phi) is 3.67. The average Bonchev–Trinajstić information content (AvgIpc) is 3.35. The van der Waals surface area contributed by atoms with Crippen molar-refractivity contribution in [2.45, 2.75) is 38.8 Å². The molecule has 2 aromatic heterocycles. The highest BCUT2D eigenvalue weighted by atomic mass is 19.1. The summed E-state index contributed by atoms with van der Waals surface area (Å²) in [7, 11) is 0. The van der Waals surface area contributed by atoms with Crippen LogP contribution in [0.1, 0.15) is 35.5 Å². The van der Waals surface area contributed by atoms with Gasteiger partial charge in [-0.3, -0.25) is 9.69 Å². The quantitative estimate of drug-likeness (QED) is 0.759. The zero-order valence-corrected chi connectivity index (χ0v) is 14.5. The number of aromatic amines is 2. The van der Waals surface area contributed by atoms with Crippen LogP contribution in [0.2, 0.25) is 0 Å². The van der Waals surface area contributed by atoms with Gasteiger partial charge in [0, 0.05) is 48.7 Å². The number of benzene rings is 1. The molecule has 6 heteroatoms. The lowest BCUT2D eigenvalue weighted by Crippen LogP contribution is -2.35. The number of fused-ring (bicyclic) bond motifs is 2. The van der Waals surface area contributed by atoms with E-state index < -0.39 is 0 Å². The van der Waals surface area contributed by atoms with E-state index in [0.717, 1.165) is 53.1 Å². The highest BCUT2D eigenvalue weighted by Crippen LogP contribution is 2.31. The molecular weight excluding hydrogens is 331 g/mol. The molecule has 1 saturated carbocycles. The third-order valence-electron chi connectivity index (χ3n) is 5.50. The maximum absolute atomic E-state index is 13.6. The van der Waals surface area contributed by atoms with Crippen LogP contribution in [-0.4, -0.2) is 26.4 Å². The minimum atomic E-state index is -0.222. The minimum Gasteiger partial charge on any atom is -0.361 e. The molecule has 0 radical (unpaired) electrons. The summed E-state index contributed by atoms with van der Waals surface area (Å²) in [5.41, 5.74) is 3.78. The maximum atomic E-state index is 13.6. The normalized spacial score (nSPS) is 17.6. The molecule has 0 unspecified atom stereocenters. The minimum absolute atomic E-state index is 0.0273. The van der Waals surface area contributed by atoms with Crippen LogP contribution in [0.3, 0.4) is 0 Å². The Morgan fingerprint density at radius 3 is 3.04 bits per heavy atom. The molecule has 0 atom stereocenters. The van der Waals surface area contributed by atoms with Crippen LogP contribution < -0.4 is 5.56 Å². The molecule has 0 spiro atoms. The van der Waals surface area contributed by atoms with Crippen LogP contribution in [0.25, 0.3) is 10.9 Å². The molecule has 0 saturated heterocycles. The summed E-state index contributed by atoms with van der Waals surface area (Å²) in [6, 6.07) is 4.82. The van der Waals surface area contributed by atoms with Gasteiger partial charge in [0.2, 0.25) is 0 Å². The predicted octanol–water partition coefficient (Wildman–Crippen LogP) is 2.90. The summed E-state index contributed by atoms with van der Waals surface area (Å²) >= 11 is 0. The van der Waals surface area contributed by atoms with Crippen molar-refractivity contribution in [1.29, 1.82) is 0 Å². The lowest BCUT2D eigenvalue weighted by atomic mass is 10.0. The van der Waals surface area contributed by atoms with E-state index in [2.05, 4.69) is 14.9 Å². The van der Waals surface area contributed by atoms with Crippen molar-refractivity contribution >= 4 is 10.9 Å². The molecule has 3 heterocycles. The molecule has 26 heavy (non-hydrogen) atoms. The molecule has 0 bridgehead atoms. The molecule has 2 N–H and O–H groups in total. The highest BCUT2D eigenvalue weighted by molar-refractivity contribution is 5.83. The van der Waals surface area contributed by atoms with Crippen LogP contribution in [0, 0.1) is 11.7 Å². The van der Waals surface area contributed by atoms with E-state index in [9.17, 15) is 9.18 Å². The van der Waals surface area contributed by atoms with E-state index in [1.54, 1.807) is 12.1 Å². The van der Waals surface area contributed by atoms with Crippen LogP contribution in [0.15, 0.2) is 29.2 Å². The molecule has 1 aliphatic heterocycles. The van der Waals surface area contributed by atoms with Gasteiger partial charge in [0.1, 0.15) is 11.6 Å². The van der Waals surface area contributed by atoms with Crippen LogP contribution >= 0.6 is 0 Å². The first-order valence-corrected chi connectivity index (χ1v) is 9.24. The fraction of sp³-hybridized carbons (Fsp3) is 0.400. The summed E-state index contributed by atoms with van der Waals surface area (Å²) in [6.07, 6.45) is 6.01. The third kappa shape index (κ3) is 2.94. The second-order valence-corrected chi connectivity index (χ2v) is 7.55. The van der Waals surface area contributed by atoms with Gasteiger partial charge in [-0.15, -0.1) is 0 Å². The van der Waals surface area contributed by atoms with Crippen LogP contribution in [0.4, 0.5) is 4.39 Å². The molecule has 1 fully saturated rings. The highest BCUT2D eigenvalue weighted by Gasteiger charge is 2.25. The van der Waals surface area contributed by atoms with Crippen molar-refractivity contribution in [2.24, 2.45) is 5.92 Å². The Morgan fingerprint density at radius 2 is 2.19 bits per heavy atom. The van der Waals surface area contributed by atoms with Gasteiger partial charge in [0.15, 0.2) is 0 Å². The Bertz CT molecular complexity index is 1030. The lowest BCUT2D eigenvalue weighted by Gasteiger charge is -2.27. The molecule has 0 amide bonds. The van der Waals surface area contributed by atoms with Gasteiger partial charge < -0.3 is 9.97 Å². The molecule has 3 aromatic rings. The molecule has 1 aromatic carbocycles. The SMILES string of the molecule is O=c1[nH]c(CC2CC2)nc2c1CCN(Cc1c[nH]c3ccc(F)cc13)C2. The number of nitrogens with one attached hydrogen (secondary N) is 2. The van der Waals surface area contributed by atoms with Crippen molar-refractivity contribution in [1.82, 2.24) is 19.9 Å². The summed E-state index contributed by atoms with van der Waals surface area (Å²) in [5, 5.41) is 0.920. The Morgan fingerprint density at radius 1 is 1.31 bits per heavy atom. The number of aromatic nitrogens is 3. The van der Waals surface area contributed by atoms with E-state index in [-0.39, 0.29) is 11.4 Å². The molecule has 134 valence electrons. The Labute approximate surface area is 150 Å². The smallest absolute Gasteiger partial charge is 0.254 e. The van der Waals surface area contributed by atoms with Crippen molar-refractivity contribution in [3.05, 3.63) is 63.2 Å². The summed E-state index contributed by atoms with van der Waals surface area (Å²) in [6.45, 7) is 2.19. The second-order valence-electron chi connectivity index (χ2n) is 7.55. The van der Waals surface area contributed by atoms with Crippen LogP contribution in [-0.2, 0) is 25.9 Å². The first-order chi connectivity index (χ1) is 12.7. The van der Waals surface area contributed by atoms with Crippen molar-refractivity contribution < 1.29 is 4.39 Å². The zero-order chi connectivity index (χ0) is 17.7. The van der Waals surface area contributed by atoms with Crippen LogP contribution in [0.5, 0.6) is 0 Å². The van der Waals surface area contributed by atoms with E-state index in [1.165, 1.54) is 18.9 Å². The average molecular weight is 352 g/mol. The number of hydrogen-bond acceptors (Lipinski definition) is 3. The first-order valence-electron chi connectivity index (χ1n) is 9.24. The monoisotopic (exact) mass is 352 g/mol. The largest absolute Gasteiger partial charge is 0.361 e. The van der Waals surface area contributed by atoms with E-state index in [0.29, 0.717) is 18.9 Å². The zero-order valence-electron chi connectivity index (χ0n) is 14.5. The number of hydrogen-bond donors (Lipinski definition) is 2. The van der Waals surface area contributed by atoms with Gasteiger partial charge in [0.25, 0.3) is 5.56 Å². The fourth-order valence-corrected chi connectivity index (χ4v) is 3.89. The topological polar surface area (TPSA) is 64.8 Å².